The van der Waals surface area contributed by atoms with Crippen LogP contribution in [0.4, 0.5) is 0 Å². The zero-order valence-corrected chi connectivity index (χ0v) is 7.18. The molecular weight excluding hydrogens is 140 g/mol. The molecule has 0 saturated carbocycles. The molecule has 65 valence electrons. The van der Waals surface area contributed by atoms with E-state index in [2.05, 4.69) is 13.8 Å². The smallest absolute Gasteiger partial charge is 0.306 e. The summed E-state index contributed by atoms with van der Waals surface area (Å²) in [5.41, 5.74) is 0. The Bertz CT molecular complexity index is 110. The van der Waals surface area contributed by atoms with E-state index in [9.17, 15) is 4.79 Å². The number of rotatable bonds is 6. The minimum Gasteiger partial charge on any atom is -0.481 e. The Balaban J connectivity index is 3.17. The van der Waals surface area contributed by atoms with Gasteiger partial charge in [0.15, 0.2) is 0 Å². The van der Waals surface area contributed by atoms with E-state index in [1.165, 1.54) is 12.8 Å². The van der Waals surface area contributed by atoms with Gasteiger partial charge in [-0.2, -0.15) is 0 Å². The van der Waals surface area contributed by atoms with Crippen LogP contribution in [0.5, 0.6) is 0 Å². The van der Waals surface area contributed by atoms with Crippen LogP contribution < -0.4 is 0 Å². The minimum absolute atomic E-state index is 0.410. The van der Waals surface area contributed by atoms with Crippen molar-refractivity contribution in [2.45, 2.75) is 39.0 Å². The standard InChI is InChI=1S/C9H17O2/c1-3-4-5-6-7-8(2)9(10)11/h8H,2-7H2,1H3,(H,10,11). The average molecular weight is 157 g/mol. The van der Waals surface area contributed by atoms with E-state index >= 15 is 0 Å². The van der Waals surface area contributed by atoms with E-state index in [4.69, 9.17) is 5.11 Å². The van der Waals surface area contributed by atoms with Gasteiger partial charge in [0, 0.05) is 0 Å². The molecule has 2 heteroatoms. The van der Waals surface area contributed by atoms with Crippen LogP contribution in [0.3, 0.4) is 0 Å². The van der Waals surface area contributed by atoms with E-state index in [0.717, 1.165) is 19.3 Å². The third kappa shape index (κ3) is 5.89. The number of aliphatic carboxylic acids is 1. The number of hydrogen-bond acceptors (Lipinski definition) is 1. The molecule has 0 saturated heterocycles. The summed E-state index contributed by atoms with van der Waals surface area (Å²) in [6.45, 7) is 5.67. The van der Waals surface area contributed by atoms with Gasteiger partial charge in [0.05, 0.1) is 5.92 Å². The second kappa shape index (κ2) is 6.20. The fraction of sp³-hybridized carbons (Fsp3) is 0.778. The molecule has 1 radical (unpaired) electrons. The predicted octanol–water partition coefficient (Wildman–Crippen LogP) is 2.49. The third-order valence-electron chi connectivity index (χ3n) is 1.76. The maximum atomic E-state index is 10.3. The zero-order valence-electron chi connectivity index (χ0n) is 7.18. The fourth-order valence-electron chi connectivity index (χ4n) is 0.941. The lowest BCUT2D eigenvalue weighted by Gasteiger charge is -2.03. The Kier molecular flexibility index (Phi) is 5.90. The molecule has 0 rings (SSSR count). The molecule has 0 amide bonds. The van der Waals surface area contributed by atoms with Crippen molar-refractivity contribution < 1.29 is 9.90 Å². The van der Waals surface area contributed by atoms with Gasteiger partial charge in [0.25, 0.3) is 0 Å². The van der Waals surface area contributed by atoms with Gasteiger partial charge in [-0.1, -0.05) is 32.6 Å². The van der Waals surface area contributed by atoms with Crippen LogP contribution in [0.1, 0.15) is 39.0 Å². The first-order valence-corrected chi connectivity index (χ1v) is 4.24. The summed E-state index contributed by atoms with van der Waals surface area (Å²) in [7, 11) is 0. The Labute approximate surface area is 68.6 Å². The quantitative estimate of drug-likeness (QED) is 0.601. The summed E-state index contributed by atoms with van der Waals surface area (Å²) in [4.78, 5) is 10.3. The van der Waals surface area contributed by atoms with Crippen molar-refractivity contribution in [3.05, 3.63) is 6.92 Å². The molecule has 0 aliphatic carbocycles. The second-order valence-electron chi connectivity index (χ2n) is 2.88. The summed E-state index contributed by atoms with van der Waals surface area (Å²) in [6.07, 6.45) is 5.24. The van der Waals surface area contributed by atoms with Gasteiger partial charge < -0.3 is 5.11 Å². The molecule has 1 atom stereocenters. The van der Waals surface area contributed by atoms with E-state index in [1.54, 1.807) is 0 Å². The normalized spacial score (nSPS) is 12.9. The Morgan fingerprint density at radius 1 is 1.45 bits per heavy atom. The summed E-state index contributed by atoms with van der Waals surface area (Å²) >= 11 is 0. The number of carboxylic acids is 1. The van der Waals surface area contributed by atoms with Crippen LogP contribution in [0.25, 0.3) is 0 Å². The van der Waals surface area contributed by atoms with Gasteiger partial charge in [-0.3, -0.25) is 4.79 Å². The highest BCUT2D eigenvalue weighted by Gasteiger charge is 2.09. The van der Waals surface area contributed by atoms with E-state index in [1.807, 2.05) is 0 Å². The maximum absolute atomic E-state index is 10.3. The van der Waals surface area contributed by atoms with Crippen LogP contribution in [0, 0.1) is 12.8 Å². The number of carboxylic acid groups (broad SMARTS) is 1. The van der Waals surface area contributed by atoms with Crippen molar-refractivity contribution in [3.63, 3.8) is 0 Å². The molecule has 0 bridgehead atoms. The largest absolute Gasteiger partial charge is 0.481 e. The molecule has 2 nitrogen and oxygen atoms in total. The van der Waals surface area contributed by atoms with Crippen LogP contribution in [-0.2, 0) is 4.79 Å². The molecule has 0 aliphatic rings. The van der Waals surface area contributed by atoms with E-state index in [-0.39, 0.29) is 0 Å². The van der Waals surface area contributed by atoms with Gasteiger partial charge in [-0.05, 0) is 13.3 Å². The minimum atomic E-state index is -0.776. The second-order valence-corrected chi connectivity index (χ2v) is 2.88. The maximum Gasteiger partial charge on any atom is 0.306 e. The number of carbonyl (C=O) groups is 1. The lowest BCUT2D eigenvalue weighted by Crippen LogP contribution is -2.09. The molecule has 0 aliphatic heterocycles. The molecule has 0 heterocycles. The Morgan fingerprint density at radius 3 is 2.55 bits per heavy atom. The number of unbranched alkanes of at least 4 members (excludes halogenated alkanes) is 3. The van der Waals surface area contributed by atoms with Gasteiger partial charge in [-0.25, -0.2) is 0 Å². The van der Waals surface area contributed by atoms with E-state index < -0.39 is 11.9 Å². The van der Waals surface area contributed by atoms with Crippen LogP contribution >= 0.6 is 0 Å². The van der Waals surface area contributed by atoms with Gasteiger partial charge in [-0.15, -0.1) is 0 Å². The van der Waals surface area contributed by atoms with Crippen LogP contribution in [-0.4, -0.2) is 11.1 Å². The molecule has 0 spiro atoms. The van der Waals surface area contributed by atoms with Crippen molar-refractivity contribution in [3.8, 4) is 0 Å². The fourth-order valence-corrected chi connectivity index (χ4v) is 0.941. The Hall–Kier alpha value is -0.530. The van der Waals surface area contributed by atoms with Gasteiger partial charge >= 0.3 is 5.97 Å². The SMILES string of the molecule is [CH2]C(CCCCCC)C(=O)O. The summed E-state index contributed by atoms with van der Waals surface area (Å²) in [5, 5.41) is 8.48. The van der Waals surface area contributed by atoms with Gasteiger partial charge in [0.2, 0.25) is 0 Å². The molecular formula is C9H17O2. The first-order chi connectivity index (χ1) is 5.18. The highest BCUT2D eigenvalue weighted by atomic mass is 16.4. The first-order valence-electron chi connectivity index (χ1n) is 4.24. The highest BCUT2D eigenvalue weighted by molar-refractivity contribution is 5.70. The van der Waals surface area contributed by atoms with Crippen LogP contribution in [0.2, 0.25) is 0 Å². The molecule has 0 aromatic heterocycles. The monoisotopic (exact) mass is 157 g/mol. The molecule has 0 fully saturated rings. The van der Waals surface area contributed by atoms with Crippen LogP contribution in [0.15, 0.2) is 0 Å². The zero-order chi connectivity index (χ0) is 8.69. The van der Waals surface area contributed by atoms with Crippen molar-refractivity contribution in [2.75, 3.05) is 0 Å². The average Bonchev–Trinajstić information content (AvgIpc) is 1.97. The highest BCUT2D eigenvalue weighted by Crippen LogP contribution is 2.09. The van der Waals surface area contributed by atoms with Crippen molar-refractivity contribution >= 4 is 5.97 Å². The van der Waals surface area contributed by atoms with Crippen molar-refractivity contribution in [1.29, 1.82) is 0 Å². The molecule has 1 N–H and O–H groups in total. The molecule has 1 unspecified atom stereocenters. The van der Waals surface area contributed by atoms with Gasteiger partial charge in [0.1, 0.15) is 0 Å². The van der Waals surface area contributed by atoms with Crippen molar-refractivity contribution in [2.24, 2.45) is 5.92 Å². The van der Waals surface area contributed by atoms with Crippen molar-refractivity contribution in [1.82, 2.24) is 0 Å². The summed E-state index contributed by atoms with van der Waals surface area (Å²) in [6, 6.07) is 0. The predicted molar refractivity (Wildman–Crippen MR) is 45.2 cm³/mol. The topological polar surface area (TPSA) is 37.3 Å². The lowest BCUT2D eigenvalue weighted by molar-refractivity contribution is -0.140. The summed E-state index contributed by atoms with van der Waals surface area (Å²) < 4.78 is 0. The first kappa shape index (κ1) is 10.5. The molecule has 11 heavy (non-hydrogen) atoms. The van der Waals surface area contributed by atoms with E-state index in [0.29, 0.717) is 0 Å². The third-order valence-corrected chi connectivity index (χ3v) is 1.76. The molecule has 0 aromatic rings. The lowest BCUT2D eigenvalue weighted by atomic mass is 10.0. The Morgan fingerprint density at radius 2 is 2.09 bits per heavy atom. The molecule has 0 aromatic carbocycles. The number of hydrogen-bond donors (Lipinski definition) is 1. The summed E-state index contributed by atoms with van der Waals surface area (Å²) in [5.74, 6) is -1.19.